The second kappa shape index (κ2) is 6.75. The molecule has 0 aliphatic rings. The molecule has 0 aromatic carbocycles. The molecule has 0 aliphatic carbocycles. The van der Waals surface area contributed by atoms with Gasteiger partial charge in [-0.1, -0.05) is 18.5 Å². The predicted molar refractivity (Wildman–Crippen MR) is 77.3 cm³/mol. The number of hydrogen-bond acceptors (Lipinski definition) is 6. The van der Waals surface area contributed by atoms with Gasteiger partial charge >= 0.3 is 0 Å². The van der Waals surface area contributed by atoms with E-state index in [1.54, 1.807) is 0 Å². The first-order chi connectivity index (χ1) is 9.35. The summed E-state index contributed by atoms with van der Waals surface area (Å²) in [6.45, 7) is 2.14. The van der Waals surface area contributed by atoms with Gasteiger partial charge in [-0.25, -0.2) is 9.97 Å². The lowest BCUT2D eigenvalue weighted by Crippen LogP contribution is -2.46. The van der Waals surface area contributed by atoms with E-state index in [2.05, 4.69) is 20.6 Å². The molecule has 9 N–H and O–H groups in total. The highest BCUT2D eigenvalue weighted by Gasteiger charge is 2.17. The van der Waals surface area contributed by atoms with E-state index in [-0.39, 0.29) is 41.0 Å². The number of nitrogens with two attached hydrogens (primary N) is 3. The summed E-state index contributed by atoms with van der Waals surface area (Å²) in [5.74, 6) is -0.830. The molecule has 0 saturated heterocycles. The number of guanidine groups is 1. The molecule has 1 atom stereocenters. The first kappa shape index (κ1) is 15.8. The molecule has 9 nitrogen and oxygen atoms in total. The SMILES string of the molecule is CC[C@H](CNC(=O)c1nc(Cl)c(N)nc1N)NC(=N)N. The maximum Gasteiger partial charge on any atom is 0.273 e. The van der Waals surface area contributed by atoms with E-state index in [4.69, 9.17) is 34.2 Å². The van der Waals surface area contributed by atoms with Crippen LogP contribution in [0.4, 0.5) is 11.6 Å². The molecule has 0 unspecified atom stereocenters. The molecule has 1 aromatic heterocycles. The summed E-state index contributed by atoms with van der Waals surface area (Å²) in [4.78, 5) is 19.4. The average Bonchev–Trinajstić information content (AvgIpc) is 2.37. The zero-order valence-electron chi connectivity index (χ0n) is 10.9. The highest BCUT2D eigenvalue weighted by molar-refractivity contribution is 6.31. The van der Waals surface area contributed by atoms with Crippen LogP contribution in [0.25, 0.3) is 0 Å². The lowest BCUT2D eigenvalue weighted by molar-refractivity contribution is 0.0946. The van der Waals surface area contributed by atoms with Gasteiger partial charge in [-0.2, -0.15) is 0 Å². The zero-order valence-corrected chi connectivity index (χ0v) is 11.7. The Bertz CT molecular complexity index is 520. The topological polar surface area (TPSA) is 169 Å². The van der Waals surface area contributed by atoms with Crippen molar-refractivity contribution in [1.29, 1.82) is 5.41 Å². The van der Waals surface area contributed by atoms with Gasteiger partial charge < -0.3 is 27.8 Å². The van der Waals surface area contributed by atoms with Crippen molar-refractivity contribution in [2.24, 2.45) is 5.73 Å². The zero-order chi connectivity index (χ0) is 15.3. The molecular formula is C10H17ClN8O. The third-order valence-electron chi connectivity index (χ3n) is 2.48. The number of nitrogen functional groups attached to an aromatic ring is 2. The van der Waals surface area contributed by atoms with Crippen LogP contribution >= 0.6 is 11.6 Å². The Hall–Kier alpha value is -2.29. The third-order valence-corrected chi connectivity index (χ3v) is 2.76. The number of carbonyl (C=O) groups is 1. The van der Waals surface area contributed by atoms with Gasteiger partial charge in [0.15, 0.2) is 28.4 Å². The van der Waals surface area contributed by atoms with Gasteiger partial charge in [0.2, 0.25) is 0 Å². The molecule has 1 amide bonds. The van der Waals surface area contributed by atoms with Gasteiger partial charge in [0.1, 0.15) is 0 Å². The van der Waals surface area contributed by atoms with Crippen LogP contribution in [0.5, 0.6) is 0 Å². The van der Waals surface area contributed by atoms with Gasteiger partial charge in [0.25, 0.3) is 5.91 Å². The fraction of sp³-hybridized carbons (Fsp3) is 0.400. The predicted octanol–water partition coefficient (Wildman–Crippen LogP) is -0.714. The van der Waals surface area contributed by atoms with Crippen LogP contribution < -0.4 is 27.8 Å². The minimum absolute atomic E-state index is 0.0367. The summed E-state index contributed by atoms with van der Waals surface area (Å²) in [6, 6.07) is -0.171. The van der Waals surface area contributed by atoms with Crippen molar-refractivity contribution >= 4 is 35.1 Å². The second-order valence-electron chi connectivity index (χ2n) is 4.01. The van der Waals surface area contributed by atoms with Crippen molar-refractivity contribution in [3.8, 4) is 0 Å². The van der Waals surface area contributed by atoms with Gasteiger partial charge in [-0.05, 0) is 6.42 Å². The third kappa shape index (κ3) is 4.12. The van der Waals surface area contributed by atoms with Crippen LogP contribution in [0.15, 0.2) is 0 Å². The van der Waals surface area contributed by atoms with E-state index in [0.717, 1.165) is 0 Å². The van der Waals surface area contributed by atoms with Crippen LogP contribution in [0, 0.1) is 5.41 Å². The number of hydrogen-bond donors (Lipinski definition) is 6. The smallest absolute Gasteiger partial charge is 0.273 e. The van der Waals surface area contributed by atoms with Gasteiger partial charge in [-0.15, -0.1) is 0 Å². The highest BCUT2D eigenvalue weighted by Crippen LogP contribution is 2.17. The largest absolute Gasteiger partial charge is 0.382 e. The molecule has 110 valence electrons. The fourth-order valence-electron chi connectivity index (χ4n) is 1.43. The van der Waals surface area contributed by atoms with Crippen LogP contribution in [-0.4, -0.2) is 34.4 Å². The molecular weight excluding hydrogens is 284 g/mol. The lowest BCUT2D eigenvalue weighted by atomic mass is 10.2. The number of carbonyl (C=O) groups excluding carboxylic acids is 1. The van der Waals surface area contributed by atoms with Crippen molar-refractivity contribution in [2.45, 2.75) is 19.4 Å². The molecule has 1 heterocycles. The van der Waals surface area contributed by atoms with E-state index >= 15 is 0 Å². The van der Waals surface area contributed by atoms with Crippen LogP contribution in [0.2, 0.25) is 5.15 Å². The van der Waals surface area contributed by atoms with Crippen molar-refractivity contribution in [3.63, 3.8) is 0 Å². The van der Waals surface area contributed by atoms with Crippen LogP contribution in [0.3, 0.4) is 0 Å². The first-order valence-corrected chi connectivity index (χ1v) is 6.20. The maximum atomic E-state index is 11.9. The monoisotopic (exact) mass is 300 g/mol. The molecule has 10 heteroatoms. The minimum atomic E-state index is -0.527. The molecule has 1 rings (SSSR count). The summed E-state index contributed by atoms with van der Waals surface area (Å²) >= 11 is 5.70. The minimum Gasteiger partial charge on any atom is -0.382 e. The van der Waals surface area contributed by atoms with Crippen LogP contribution in [0.1, 0.15) is 23.8 Å². The van der Waals surface area contributed by atoms with Crippen molar-refractivity contribution in [1.82, 2.24) is 20.6 Å². The number of anilines is 2. The molecule has 0 saturated carbocycles. The van der Waals surface area contributed by atoms with Crippen LogP contribution in [-0.2, 0) is 0 Å². The molecule has 1 aromatic rings. The number of nitrogens with one attached hydrogen (secondary N) is 3. The summed E-state index contributed by atoms with van der Waals surface area (Å²) in [5.41, 5.74) is 16.1. The number of rotatable bonds is 5. The Morgan fingerprint density at radius 2 is 2.05 bits per heavy atom. The Morgan fingerprint density at radius 1 is 1.40 bits per heavy atom. The lowest BCUT2D eigenvalue weighted by Gasteiger charge is -2.17. The Morgan fingerprint density at radius 3 is 2.60 bits per heavy atom. The van der Waals surface area contributed by atoms with Gasteiger partial charge in [0.05, 0.1) is 0 Å². The number of amides is 1. The molecule has 0 bridgehead atoms. The second-order valence-corrected chi connectivity index (χ2v) is 4.36. The maximum absolute atomic E-state index is 11.9. The molecule has 0 spiro atoms. The normalized spacial score (nSPS) is 11.7. The summed E-state index contributed by atoms with van der Waals surface area (Å²) in [5, 5.41) is 12.4. The van der Waals surface area contributed by atoms with E-state index in [0.29, 0.717) is 6.42 Å². The van der Waals surface area contributed by atoms with E-state index in [9.17, 15) is 4.79 Å². The number of halogens is 1. The van der Waals surface area contributed by atoms with E-state index < -0.39 is 5.91 Å². The Balaban J connectivity index is 2.72. The Kier molecular flexibility index (Phi) is 5.32. The summed E-state index contributed by atoms with van der Waals surface area (Å²) < 4.78 is 0. The highest BCUT2D eigenvalue weighted by atomic mass is 35.5. The molecule has 0 aliphatic heterocycles. The van der Waals surface area contributed by atoms with Gasteiger partial charge in [-0.3, -0.25) is 10.2 Å². The van der Waals surface area contributed by atoms with E-state index in [1.807, 2.05) is 6.92 Å². The van der Waals surface area contributed by atoms with Crippen molar-refractivity contribution in [3.05, 3.63) is 10.8 Å². The number of nitrogens with zero attached hydrogens (tertiary/aromatic N) is 2. The van der Waals surface area contributed by atoms with Crippen molar-refractivity contribution in [2.75, 3.05) is 18.0 Å². The van der Waals surface area contributed by atoms with E-state index in [1.165, 1.54) is 0 Å². The summed E-state index contributed by atoms with van der Waals surface area (Å²) in [7, 11) is 0. The van der Waals surface area contributed by atoms with Crippen molar-refractivity contribution < 1.29 is 4.79 Å². The van der Waals surface area contributed by atoms with Gasteiger partial charge in [0, 0.05) is 12.6 Å². The molecule has 20 heavy (non-hydrogen) atoms. The summed E-state index contributed by atoms with van der Waals surface area (Å²) in [6.07, 6.45) is 0.670. The number of aromatic nitrogens is 2. The molecule has 0 fully saturated rings. The average molecular weight is 301 g/mol. The molecule has 0 radical (unpaired) electrons. The first-order valence-electron chi connectivity index (χ1n) is 5.82. The fourth-order valence-corrected chi connectivity index (χ4v) is 1.55. The quantitative estimate of drug-likeness (QED) is 0.308. The Labute approximate surface area is 120 Å². The standard InChI is InChI=1S/C10H17ClN8O/c1-2-4(17-10(14)15)3-16-9(20)5-7(12)19-8(13)6(11)18-5/h4H,2-3H2,1H3,(H,16,20)(H4,12,13,19)(H4,14,15,17)/t4-/m1/s1.